The van der Waals surface area contributed by atoms with E-state index in [2.05, 4.69) is 22.1 Å². The molecule has 1 heterocycles. The first-order valence-corrected chi connectivity index (χ1v) is 8.26. The number of halogens is 3. The quantitative estimate of drug-likeness (QED) is 0.712. The first-order valence-electron chi connectivity index (χ1n) is 8.26. The highest BCUT2D eigenvalue weighted by molar-refractivity contribution is 5.77. The summed E-state index contributed by atoms with van der Waals surface area (Å²) in [7, 11) is 0. The number of hydrogen-bond acceptors (Lipinski definition) is 2. The lowest BCUT2D eigenvalue weighted by Gasteiger charge is -2.06. The lowest BCUT2D eigenvalue weighted by molar-refractivity contribution is -0.137. The van der Waals surface area contributed by atoms with E-state index in [0.717, 1.165) is 23.2 Å². The second-order valence-electron chi connectivity index (χ2n) is 5.83. The van der Waals surface area contributed by atoms with Crippen LogP contribution in [0.15, 0.2) is 54.9 Å². The molecular weight excluding hydrogens is 355 g/mol. The predicted octanol–water partition coefficient (Wildman–Crippen LogP) is 3.61. The Morgan fingerprint density at radius 2 is 1.96 bits per heavy atom. The molecule has 2 aromatic carbocycles. The van der Waals surface area contributed by atoms with Gasteiger partial charge in [-0.1, -0.05) is 30.0 Å². The molecule has 0 aliphatic rings. The molecule has 0 fully saturated rings. The maximum atomic E-state index is 12.6. The van der Waals surface area contributed by atoms with Gasteiger partial charge in [-0.2, -0.15) is 13.2 Å². The number of nitrogens with one attached hydrogen (secondary N) is 1. The summed E-state index contributed by atoms with van der Waals surface area (Å²) in [5.41, 5.74) is 1.33. The van der Waals surface area contributed by atoms with Crippen LogP contribution in [0.1, 0.15) is 17.5 Å². The maximum Gasteiger partial charge on any atom is 0.416 e. The molecule has 0 atom stereocenters. The van der Waals surface area contributed by atoms with Gasteiger partial charge in [0, 0.05) is 18.5 Å². The van der Waals surface area contributed by atoms with Crippen molar-refractivity contribution in [2.24, 2.45) is 0 Å². The van der Waals surface area contributed by atoms with Gasteiger partial charge in [0.05, 0.1) is 29.5 Å². The molecule has 0 aliphatic heterocycles. The minimum Gasteiger partial charge on any atom is -0.345 e. The molecule has 3 aromatic rings. The number of imidazole rings is 1. The van der Waals surface area contributed by atoms with E-state index in [1.54, 1.807) is 6.33 Å². The van der Waals surface area contributed by atoms with Gasteiger partial charge in [-0.25, -0.2) is 4.98 Å². The number of aromatic nitrogens is 2. The van der Waals surface area contributed by atoms with E-state index >= 15 is 0 Å². The smallest absolute Gasteiger partial charge is 0.345 e. The van der Waals surface area contributed by atoms with Gasteiger partial charge in [-0.05, 0) is 30.3 Å². The van der Waals surface area contributed by atoms with Crippen LogP contribution in [0.25, 0.3) is 11.0 Å². The molecule has 0 aliphatic carbocycles. The fourth-order valence-corrected chi connectivity index (χ4v) is 2.56. The van der Waals surface area contributed by atoms with Crippen LogP contribution in [-0.2, 0) is 17.5 Å². The molecule has 1 amide bonds. The Balaban J connectivity index is 1.50. The number of carbonyl (C=O) groups is 1. The first kappa shape index (κ1) is 18.5. The highest BCUT2D eigenvalue weighted by Gasteiger charge is 2.30. The molecule has 0 unspecified atom stereocenters. The number of alkyl halides is 3. The molecular formula is C20H16F3N3O. The third kappa shape index (κ3) is 4.88. The van der Waals surface area contributed by atoms with Gasteiger partial charge in [-0.3, -0.25) is 4.79 Å². The van der Waals surface area contributed by atoms with Crippen molar-refractivity contribution in [3.63, 3.8) is 0 Å². The molecule has 0 saturated heterocycles. The van der Waals surface area contributed by atoms with Crippen molar-refractivity contribution >= 4 is 16.9 Å². The number of rotatable bonds is 4. The van der Waals surface area contributed by atoms with Gasteiger partial charge in [-0.15, -0.1) is 0 Å². The molecule has 4 nitrogen and oxygen atoms in total. The Bertz CT molecular complexity index is 1010. The standard InChI is InChI=1S/C20H16F3N3O/c21-20(22,23)16-7-3-5-15(13-16)6-4-11-24-19(27)10-12-26-14-25-17-8-1-2-9-18(17)26/h1-3,5,7-9,13-14H,10-12H2,(H,24,27). The zero-order valence-corrected chi connectivity index (χ0v) is 14.3. The zero-order valence-electron chi connectivity index (χ0n) is 14.3. The normalized spacial score (nSPS) is 11.1. The van der Waals surface area contributed by atoms with Gasteiger partial charge in [0.15, 0.2) is 0 Å². The first-order chi connectivity index (χ1) is 12.9. The SMILES string of the molecule is O=C(CCn1cnc2ccccc21)NCC#Cc1cccc(C(F)(F)F)c1. The summed E-state index contributed by atoms with van der Waals surface area (Å²) in [4.78, 5) is 16.2. The van der Waals surface area contributed by atoms with Gasteiger partial charge in [0.2, 0.25) is 5.91 Å². The summed E-state index contributed by atoms with van der Waals surface area (Å²) < 4.78 is 39.8. The second-order valence-corrected chi connectivity index (χ2v) is 5.83. The fraction of sp³-hybridized carbons (Fsp3) is 0.200. The van der Waals surface area contributed by atoms with Gasteiger partial charge in [0.1, 0.15) is 0 Å². The molecule has 27 heavy (non-hydrogen) atoms. The van der Waals surface area contributed by atoms with Crippen LogP contribution in [0.2, 0.25) is 0 Å². The minimum absolute atomic E-state index is 0.0692. The maximum absolute atomic E-state index is 12.6. The fourth-order valence-electron chi connectivity index (χ4n) is 2.56. The van der Waals surface area contributed by atoms with E-state index in [9.17, 15) is 18.0 Å². The van der Waals surface area contributed by atoms with Crippen molar-refractivity contribution in [2.45, 2.75) is 19.1 Å². The Hall–Kier alpha value is -3.27. The van der Waals surface area contributed by atoms with Crippen LogP contribution in [0.4, 0.5) is 13.2 Å². The highest BCUT2D eigenvalue weighted by Crippen LogP contribution is 2.29. The van der Waals surface area contributed by atoms with Crippen molar-refractivity contribution in [2.75, 3.05) is 6.54 Å². The zero-order chi connectivity index (χ0) is 19.3. The lowest BCUT2D eigenvalue weighted by atomic mass is 10.1. The van der Waals surface area contributed by atoms with E-state index in [4.69, 9.17) is 0 Å². The number of carbonyl (C=O) groups excluding carboxylic acids is 1. The Morgan fingerprint density at radius 3 is 2.78 bits per heavy atom. The van der Waals surface area contributed by atoms with Crippen LogP contribution in [0.5, 0.6) is 0 Å². The van der Waals surface area contributed by atoms with E-state index in [-0.39, 0.29) is 24.4 Å². The van der Waals surface area contributed by atoms with Crippen molar-refractivity contribution in [3.05, 3.63) is 66.0 Å². The predicted molar refractivity (Wildman–Crippen MR) is 95.7 cm³/mol. The number of para-hydroxylation sites is 2. The lowest BCUT2D eigenvalue weighted by Crippen LogP contribution is -2.24. The summed E-state index contributed by atoms with van der Waals surface area (Å²) in [5, 5.41) is 2.64. The van der Waals surface area contributed by atoms with E-state index in [1.807, 2.05) is 28.8 Å². The Labute approximate surface area is 154 Å². The largest absolute Gasteiger partial charge is 0.416 e. The van der Waals surface area contributed by atoms with Crippen molar-refractivity contribution in [3.8, 4) is 11.8 Å². The summed E-state index contributed by atoms with van der Waals surface area (Å²) >= 11 is 0. The monoisotopic (exact) mass is 371 g/mol. The average Bonchev–Trinajstić information content (AvgIpc) is 3.06. The molecule has 1 aromatic heterocycles. The second kappa shape index (κ2) is 7.96. The molecule has 3 rings (SSSR count). The Morgan fingerprint density at radius 1 is 1.15 bits per heavy atom. The van der Waals surface area contributed by atoms with Crippen LogP contribution >= 0.6 is 0 Å². The number of amides is 1. The van der Waals surface area contributed by atoms with Crippen LogP contribution in [0, 0.1) is 11.8 Å². The number of hydrogen-bond donors (Lipinski definition) is 1. The third-order valence-electron chi connectivity index (χ3n) is 3.90. The third-order valence-corrected chi connectivity index (χ3v) is 3.90. The molecule has 7 heteroatoms. The topological polar surface area (TPSA) is 46.9 Å². The summed E-state index contributed by atoms with van der Waals surface area (Å²) in [5.74, 6) is 5.10. The summed E-state index contributed by atoms with van der Waals surface area (Å²) in [6, 6.07) is 12.4. The van der Waals surface area contributed by atoms with Crippen molar-refractivity contribution in [1.82, 2.24) is 14.9 Å². The molecule has 1 N–H and O–H groups in total. The summed E-state index contributed by atoms with van der Waals surface area (Å²) in [6.45, 7) is 0.549. The van der Waals surface area contributed by atoms with Crippen LogP contribution < -0.4 is 5.32 Å². The van der Waals surface area contributed by atoms with Gasteiger partial charge in [0.25, 0.3) is 0 Å². The van der Waals surface area contributed by atoms with E-state index in [1.165, 1.54) is 12.1 Å². The minimum atomic E-state index is -4.40. The number of benzene rings is 2. The number of nitrogens with zero attached hydrogens (tertiary/aromatic N) is 2. The molecule has 0 spiro atoms. The highest BCUT2D eigenvalue weighted by atomic mass is 19.4. The van der Waals surface area contributed by atoms with Gasteiger partial charge >= 0.3 is 6.18 Å². The molecule has 0 bridgehead atoms. The van der Waals surface area contributed by atoms with E-state index in [0.29, 0.717) is 6.54 Å². The molecule has 0 radical (unpaired) electrons. The van der Waals surface area contributed by atoms with E-state index < -0.39 is 11.7 Å². The number of fused-ring (bicyclic) bond motifs is 1. The number of aryl methyl sites for hydroxylation is 1. The molecule has 0 saturated carbocycles. The van der Waals surface area contributed by atoms with Crippen molar-refractivity contribution < 1.29 is 18.0 Å². The summed E-state index contributed by atoms with van der Waals surface area (Å²) in [6.07, 6.45) is -2.46. The van der Waals surface area contributed by atoms with Gasteiger partial charge < -0.3 is 9.88 Å². The van der Waals surface area contributed by atoms with Crippen LogP contribution in [0.3, 0.4) is 0 Å². The van der Waals surface area contributed by atoms with Crippen molar-refractivity contribution in [1.29, 1.82) is 0 Å². The molecule has 138 valence electrons. The van der Waals surface area contributed by atoms with Crippen LogP contribution in [-0.4, -0.2) is 22.0 Å². The Kier molecular flexibility index (Phi) is 5.46. The average molecular weight is 371 g/mol.